The lowest BCUT2D eigenvalue weighted by atomic mass is 10.0. The fourth-order valence-corrected chi connectivity index (χ4v) is 3.78. The largest absolute Gasteiger partial charge is 0.349 e. The molecule has 0 saturated carbocycles. The Morgan fingerprint density at radius 1 is 1.06 bits per heavy atom. The first kappa shape index (κ1) is 20.7. The summed E-state index contributed by atoms with van der Waals surface area (Å²) in [5.41, 5.74) is 1.13. The van der Waals surface area contributed by atoms with E-state index in [2.05, 4.69) is 10.4 Å². The molecular weight excluding hydrogens is 402 g/mol. The first-order chi connectivity index (χ1) is 14.9. The number of benzene rings is 2. The maximum Gasteiger partial charge on any atom is 0.257 e. The van der Waals surface area contributed by atoms with Crippen molar-refractivity contribution in [3.05, 3.63) is 77.5 Å². The van der Waals surface area contributed by atoms with Gasteiger partial charge in [-0.1, -0.05) is 18.2 Å². The first-order valence-electron chi connectivity index (χ1n) is 10.1. The van der Waals surface area contributed by atoms with Gasteiger partial charge >= 0.3 is 0 Å². The summed E-state index contributed by atoms with van der Waals surface area (Å²) >= 11 is 0. The molecule has 1 N–H and O–H groups in total. The normalized spacial score (nSPS) is 14.5. The lowest BCUT2D eigenvalue weighted by molar-refractivity contribution is 0.0698. The molecule has 4 rings (SSSR count). The molecule has 0 atom stereocenters. The number of likely N-dealkylation sites (tertiary alicyclic amines) is 1. The molecule has 1 fully saturated rings. The predicted octanol–water partition coefficient (Wildman–Crippen LogP) is 3.40. The number of carbonyl (C=O) groups is 2. The number of nitrogens with one attached hydrogen (secondary N) is 1. The van der Waals surface area contributed by atoms with Crippen molar-refractivity contribution in [3.8, 4) is 11.3 Å². The van der Waals surface area contributed by atoms with Crippen molar-refractivity contribution in [3.63, 3.8) is 0 Å². The highest BCUT2D eigenvalue weighted by molar-refractivity contribution is 6.00. The standard InChI is InChI=1S/C23H22F2N4O2/c1-28-14-19(21(27-28)18-8-7-16(24)13-20(18)25)23(31)29-11-9-17(10-12-29)26-22(30)15-5-3-2-4-6-15/h2-8,13-14,17H,9-12H2,1H3,(H,26,30). The third-order valence-electron chi connectivity index (χ3n) is 5.40. The Morgan fingerprint density at radius 3 is 2.45 bits per heavy atom. The van der Waals surface area contributed by atoms with Crippen LogP contribution in [0.1, 0.15) is 33.6 Å². The molecule has 0 bridgehead atoms. The molecule has 6 nitrogen and oxygen atoms in total. The van der Waals surface area contributed by atoms with Gasteiger partial charge in [0.15, 0.2) is 0 Å². The van der Waals surface area contributed by atoms with Crippen LogP contribution in [0.3, 0.4) is 0 Å². The van der Waals surface area contributed by atoms with Crippen LogP contribution in [0, 0.1) is 11.6 Å². The van der Waals surface area contributed by atoms with Crippen molar-refractivity contribution >= 4 is 11.8 Å². The van der Waals surface area contributed by atoms with E-state index in [0.29, 0.717) is 31.5 Å². The SMILES string of the molecule is Cn1cc(C(=O)N2CCC(NC(=O)c3ccccc3)CC2)c(-c2ccc(F)cc2F)n1. The van der Waals surface area contributed by atoms with Crippen molar-refractivity contribution in [2.75, 3.05) is 13.1 Å². The third-order valence-corrected chi connectivity index (χ3v) is 5.40. The molecule has 1 aliphatic heterocycles. The van der Waals surface area contributed by atoms with Crippen LogP contribution in [0.5, 0.6) is 0 Å². The zero-order valence-electron chi connectivity index (χ0n) is 17.0. The molecule has 1 saturated heterocycles. The molecule has 2 amide bonds. The molecule has 3 aromatic rings. The van der Waals surface area contributed by atoms with E-state index in [4.69, 9.17) is 0 Å². The molecule has 0 unspecified atom stereocenters. The Labute approximate surface area is 178 Å². The Kier molecular flexibility index (Phi) is 5.79. The van der Waals surface area contributed by atoms with Crippen molar-refractivity contribution in [1.29, 1.82) is 0 Å². The minimum absolute atomic E-state index is 0.0281. The molecule has 8 heteroatoms. The van der Waals surface area contributed by atoms with Crippen LogP contribution < -0.4 is 5.32 Å². The highest BCUT2D eigenvalue weighted by Gasteiger charge is 2.28. The molecule has 2 heterocycles. The second-order valence-electron chi connectivity index (χ2n) is 7.60. The number of hydrogen-bond donors (Lipinski definition) is 1. The summed E-state index contributed by atoms with van der Waals surface area (Å²) in [7, 11) is 1.65. The monoisotopic (exact) mass is 424 g/mol. The molecule has 160 valence electrons. The fraction of sp³-hybridized carbons (Fsp3) is 0.261. The van der Waals surface area contributed by atoms with Gasteiger partial charge in [0.2, 0.25) is 0 Å². The molecule has 0 aliphatic carbocycles. The van der Waals surface area contributed by atoms with Gasteiger partial charge in [-0.2, -0.15) is 5.10 Å². The van der Waals surface area contributed by atoms with Gasteiger partial charge in [0, 0.05) is 49.6 Å². The third kappa shape index (κ3) is 4.47. The molecule has 2 aromatic carbocycles. The summed E-state index contributed by atoms with van der Waals surface area (Å²) in [5, 5.41) is 7.23. The predicted molar refractivity (Wildman–Crippen MR) is 111 cm³/mol. The van der Waals surface area contributed by atoms with Crippen LogP contribution in [-0.2, 0) is 7.05 Å². The number of carbonyl (C=O) groups excluding carboxylic acids is 2. The lowest BCUT2D eigenvalue weighted by Gasteiger charge is -2.32. The van der Waals surface area contributed by atoms with Crippen LogP contribution in [0.2, 0.25) is 0 Å². The second kappa shape index (κ2) is 8.67. The molecule has 31 heavy (non-hydrogen) atoms. The van der Waals surface area contributed by atoms with E-state index in [1.165, 1.54) is 10.7 Å². The Morgan fingerprint density at radius 2 is 1.77 bits per heavy atom. The topological polar surface area (TPSA) is 67.2 Å². The van der Waals surface area contributed by atoms with Crippen molar-refractivity contribution < 1.29 is 18.4 Å². The molecule has 0 radical (unpaired) electrons. The number of aryl methyl sites for hydroxylation is 1. The van der Waals surface area contributed by atoms with Crippen LogP contribution in [0.4, 0.5) is 8.78 Å². The highest BCUT2D eigenvalue weighted by atomic mass is 19.1. The van der Waals surface area contributed by atoms with Crippen molar-refractivity contribution in [2.45, 2.75) is 18.9 Å². The number of aromatic nitrogens is 2. The van der Waals surface area contributed by atoms with Gasteiger partial charge in [0.1, 0.15) is 17.3 Å². The summed E-state index contributed by atoms with van der Waals surface area (Å²) in [4.78, 5) is 27.1. The number of piperidine rings is 1. The van der Waals surface area contributed by atoms with E-state index in [1.807, 2.05) is 18.2 Å². The van der Waals surface area contributed by atoms with Crippen LogP contribution in [0.15, 0.2) is 54.7 Å². The number of nitrogens with zero attached hydrogens (tertiary/aromatic N) is 3. The fourth-order valence-electron chi connectivity index (χ4n) is 3.78. The van der Waals surface area contributed by atoms with E-state index >= 15 is 0 Å². The minimum atomic E-state index is -0.768. The number of amides is 2. The maximum absolute atomic E-state index is 14.3. The summed E-state index contributed by atoms with van der Waals surface area (Å²) in [6.07, 6.45) is 2.78. The van der Waals surface area contributed by atoms with E-state index in [0.717, 1.165) is 12.1 Å². The number of rotatable bonds is 4. The van der Waals surface area contributed by atoms with Gasteiger partial charge in [-0.3, -0.25) is 14.3 Å². The summed E-state index contributed by atoms with van der Waals surface area (Å²) in [5.74, 6) is -1.86. The van der Waals surface area contributed by atoms with Gasteiger partial charge in [-0.25, -0.2) is 8.78 Å². The molecule has 0 spiro atoms. The molecule has 1 aliphatic rings. The summed E-state index contributed by atoms with van der Waals surface area (Å²) < 4.78 is 29.0. The average Bonchev–Trinajstić information content (AvgIpc) is 3.15. The van der Waals surface area contributed by atoms with Gasteiger partial charge in [0.05, 0.1) is 5.56 Å². The molecule has 1 aromatic heterocycles. The minimum Gasteiger partial charge on any atom is -0.349 e. The van der Waals surface area contributed by atoms with E-state index in [1.54, 1.807) is 30.3 Å². The second-order valence-corrected chi connectivity index (χ2v) is 7.60. The summed E-state index contributed by atoms with van der Waals surface area (Å²) in [6.45, 7) is 0.914. The Balaban J connectivity index is 1.44. The van der Waals surface area contributed by atoms with Gasteiger partial charge in [-0.15, -0.1) is 0 Å². The zero-order chi connectivity index (χ0) is 22.0. The Bertz CT molecular complexity index is 1110. The van der Waals surface area contributed by atoms with Crippen molar-refractivity contribution in [2.24, 2.45) is 7.05 Å². The van der Waals surface area contributed by atoms with E-state index in [9.17, 15) is 18.4 Å². The van der Waals surface area contributed by atoms with Gasteiger partial charge in [-0.05, 0) is 37.1 Å². The maximum atomic E-state index is 14.3. The Hall–Kier alpha value is -3.55. The van der Waals surface area contributed by atoms with Crippen LogP contribution in [0.25, 0.3) is 11.3 Å². The number of hydrogen-bond acceptors (Lipinski definition) is 3. The summed E-state index contributed by atoms with van der Waals surface area (Å²) in [6, 6.07) is 12.2. The van der Waals surface area contributed by atoms with Crippen LogP contribution in [-0.4, -0.2) is 45.6 Å². The van der Waals surface area contributed by atoms with Crippen LogP contribution >= 0.6 is 0 Å². The number of halogens is 2. The van der Waals surface area contributed by atoms with E-state index < -0.39 is 11.6 Å². The van der Waals surface area contributed by atoms with Crippen molar-refractivity contribution in [1.82, 2.24) is 20.0 Å². The van der Waals surface area contributed by atoms with Gasteiger partial charge in [0.25, 0.3) is 11.8 Å². The quantitative estimate of drug-likeness (QED) is 0.698. The zero-order valence-corrected chi connectivity index (χ0v) is 17.0. The van der Waals surface area contributed by atoms with Gasteiger partial charge < -0.3 is 10.2 Å². The first-order valence-corrected chi connectivity index (χ1v) is 10.1. The smallest absolute Gasteiger partial charge is 0.257 e. The average molecular weight is 424 g/mol. The molecular formula is C23H22F2N4O2. The lowest BCUT2D eigenvalue weighted by Crippen LogP contribution is -2.46. The van der Waals surface area contributed by atoms with E-state index in [-0.39, 0.29) is 34.7 Å². The highest BCUT2D eigenvalue weighted by Crippen LogP contribution is 2.27.